The first kappa shape index (κ1) is 27.5. The van der Waals surface area contributed by atoms with Crippen LogP contribution in [0.15, 0.2) is 18.2 Å². The number of methoxy groups -OCH3 is 1. The Morgan fingerprint density at radius 1 is 1.18 bits per heavy atom. The second-order valence-electron chi connectivity index (χ2n) is 10.4. The van der Waals surface area contributed by atoms with Gasteiger partial charge in [-0.1, -0.05) is 12.1 Å². The van der Waals surface area contributed by atoms with Gasteiger partial charge in [-0.25, -0.2) is 8.78 Å². The van der Waals surface area contributed by atoms with Gasteiger partial charge in [-0.2, -0.15) is 0 Å². The first-order chi connectivity index (χ1) is 16.4. The number of piperidine rings is 1. The number of hydrogen-bond donors (Lipinski definition) is 3. The van der Waals surface area contributed by atoms with Crippen LogP contribution in [0.25, 0.3) is 0 Å². The number of halogens is 2. The quantitative estimate of drug-likeness (QED) is 0.390. The van der Waals surface area contributed by atoms with E-state index in [1.165, 1.54) is 6.07 Å². The van der Waals surface area contributed by atoms with E-state index in [4.69, 9.17) is 4.74 Å². The molecule has 194 valence electrons. The zero-order valence-electron chi connectivity index (χ0n) is 20.9. The monoisotopic (exact) mass is 482 g/mol. The molecule has 0 spiro atoms. The van der Waals surface area contributed by atoms with Crippen LogP contribution in [0.5, 0.6) is 0 Å². The van der Waals surface area contributed by atoms with Crippen LogP contribution in [-0.4, -0.2) is 67.7 Å². The first-order valence-electron chi connectivity index (χ1n) is 13.1. The number of rotatable bonds is 12. The Morgan fingerprint density at radius 2 is 1.94 bits per heavy atom. The van der Waals surface area contributed by atoms with Crippen LogP contribution < -0.4 is 5.32 Å². The molecule has 3 N–H and O–H groups in total. The van der Waals surface area contributed by atoms with Gasteiger partial charge in [0.25, 0.3) is 0 Å². The Hall–Kier alpha value is -1.12. The minimum absolute atomic E-state index is 0.0863. The van der Waals surface area contributed by atoms with Gasteiger partial charge in [-0.05, 0) is 89.8 Å². The number of aliphatic hydroxyl groups excluding tert-OH is 1. The van der Waals surface area contributed by atoms with E-state index >= 15 is 0 Å². The predicted molar refractivity (Wildman–Crippen MR) is 131 cm³/mol. The molecular weight excluding hydrogens is 438 g/mol. The normalized spacial score (nSPS) is 26.8. The fraction of sp³-hybridized carbons (Fsp3) is 0.778. The molecule has 5 nitrogen and oxygen atoms in total. The summed E-state index contributed by atoms with van der Waals surface area (Å²) in [7, 11) is 3.61. The second-order valence-corrected chi connectivity index (χ2v) is 10.4. The smallest absolute Gasteiger partial charge is 0.164 e. The van der Waals surface area contributed by atoms with Crippen molar-refractivity contribution in [2.75, 3.05) is 40.4 Å². The molecule has 1 saturated carbocycles. The summed E-state index contributed by atoms with van der Waals surface area (Å²) in [6.45, 7) is 3.05. The largest absolute Gasteiger partial charge is 0.393 e. The SMILES string of the molecule is CNCC(CC1CCC(O)CC1)N1CCCC([C@@](O)(CCCCOC)c2cccc(F)c2F)C1. The van der Waals surface area contributed by atoms with Crippen LogP contribution in [0.2, 0.25) is 0 Å². The topological polar surface area (TPSA) is 65.0 Å². The summed E-state index contributed by atoms with van der Waals surface area (Å²) in [6, 6.07) is 4.48. The maximum atomic E-state index is 14.9. The van der Waals surface area contributed by atoms with E-state index in [9.17, 15) is 19.0 Å². The van der Waals surface area contributed by atoms with E-state index in [2.05, 4.69) is 10.2 Å². The van der Waals surface area contributed by atoms with Crippen LogP contribution >= 0.6 is 0 Å². The average Bonchev–Trinajstić information content (AvgIpc) is 2.84. The predicted octanol–water partition coefficient (Wildman–Crippen LogP) is 4.21. The summed E-state index contributed by atoms with van der Waals surface area (Å²) in [5, 5.41) is 25.2. The van der Waals surface area contributed by atoms with E-state index in [0.717, 1.165) is 70.5 Å². The highest BCUT2D eigenvalue weighted by molar-refractivity contribution is 5.27. The van der Waals surface area contributed by atoms with E-state index in [-0.39, 0.29) is 17.6 Å². The molecule has 2 unspecified atom stereocenters. The third-order valence-corrected chi connectivity index (χ3v) is 8.08. The maximum Gasteiger partial charge on any atom is 0.164 e. The van der Waals surface area contributed by atoms with Gasteiger partial charge in [0, 0.05) is 44.3 Å². The molecule has 1 saturated heterocycles. The average molecular weight is 483 g/mol. The highest BCUT2D eigenvalue weighted by Gasteiger charge is 2.43. The van der Waals surface area contributed by atoms with Crippen LogP contribution in [0, 0.1) is 23.5 Å². The summed E-state index contributed by atoms with van der Waals surface area (Å²) >= 11 is 0. The standard InChI is InChI=1S/C27H44F2N2O3/c1-30-18-22(17-20-10-12-23(32)13-11-20)31-15-6-7-21(19-31)27(33,14-3-4-16-34-2)24-8-5-9-25(28)26(24)29/h5,8-9,20-23,30,32-33H,3-4,6-7,10-19H2,1-2H3/t20?,21?,22?,23?,27-/m0/s1. The van der Waals surface area contributed by atoms with Crippen molar-refractivity contribution in [3.05, 3.63) is 35.4 Å². The highest BCUT2D eigenvalue weighted by Crippen LogP contribution is 2.42. The molecule has 34 heavy (non-hydrogen) atoms. The molecule has 0 bridgehead atoms. The van der Waals surface area contributed by atoms with Crippen LogP contribution in [0.3, 0.4) is 0 Å². The van der Waals surface area contributed by atoms with Gasteiger partial charge in [0.15, 0.2) is 11.6 Å². The van der Waals surface area contributed by atoms with E-state index in [0.29, 0.717) is 38.0 Å². The zero-order chi connectivity index (χ0) is 24.6. The Labute approximate surface area is 203 Å². The van der Waals surface area contributed by atoms with Crippen LogP contribution in [-0.2, 0) is 10.3 Å². The van der Waals surface area contributed by atoms with E-state index < -0.39 is 17.2 Å². The van der Waals surface area contributed by atoms with Crippen molar-refractivity contribution in [1.82, 2.24) is 10.2 Å². The van der Waals surface area contributed by atoms with Crippen molar-refractivity contribution in [3.8, 4) is 0 Å². The molecule has 3 atom stereocenters. The summed E-state index contributed by atoms with van der Waals surface area (Å²) in [4.78, 5) is 2.45. The van der Waals surface area contributed by atoms with Crippen molar-refractivity contribution in [2.24, 2.45) is 11.8 Å². The van der Waals surface area contributed by atoms with Gasteiger partial charge in [0.1, 0.15) is 0 Å². The van der Waals surface area contributed by atoms with Gasteiger partial charge in [0.2, 0.25) is 0 Å². The molecular formula is C27H44F2N2O3. The fourth-order valence-corrected chi connectivity index (χ4v) is 6.13. The third-order valence-electron chi connectivity index (χ3n) is 8.08. The molecule has 1 aliphatic carbocycles. The molecule has 1 aromatic carbocycles. The third kappa shape index (κ3) is 6.97. The Bertz CT molecular complexity index is 745. The number of nitrogens with zero attached hydrogens (tertiary/aromatic N) is 1. The Balaban J connectivity index is 1.78. The first-order valence-corrected chi connectivity index (χ1v) is 13.1. The van der Waals surface area contributed by atoms with Crippen molar-refractivity contribution >= 4 is 0 Å². The van der Waals surface area contributed by atoms with Gasteiger partial charge < -0.3 is 20.3 Å². The minimum Gasteiger partial charge on any atom is -0.393 e. The number of nitrogens with one attached hydrogen (secondary N) is 1. The van der Waals surface area contributed by atoms with Crippen molar-refractivity contribution < 1.29 is 23.7 Å². The molecule has 3 rings (SSSR count). The Kier molecular flexibility index (Phi) is 10.7. The van der Waals surface area contributed by atoms with Crippen molar-refractivity contribution in [3.63, 3.8) is 0 Å². The second kappa shape index (κ2) is 13.3. The lowest BCUT2D eigenvalue weighted by molar-refractivity contribution is -0.0716. The van der Waals surface area contributed by atoms with E-state index in [1.54, 1.807) is 13.2 Å². The number of likely N-dealkylation sites (tertiary alicyclic amines) is 1. The molecule has 1 aromatic rings. The lowest BCUT2D eigenvalue weighted by Gasteiger charge is -2.46. The summed E-state index contributed by atoms with van der Waals surface area (Å²) in [6.07, 6.45) is 8.29. The molecule has 7 heteroatoms. The van der Waals surface area contributed by atoms with Crippen molar-refractivity contribution in [1.29, 1.82) is 0 Å². The zero-order valence-corrected chi connectivity index (χ0v) is 20.9. The van der Waals surface area contributed by atoms with Gasteiger partial charge in [-0.3, -0.25) is 4.90 Å². The lowest BCUT2D eigenvalue weighted by Crippen LogP contribution is -2.52. The summed E-state index contributed by atoms with van der Waals surface area (Å²) < 4.78 is 34.3. The highest BCUT2D eigenvalue weighted by atomic mass is 19.2. The van der Waals surface area contributed by atoms with Gasteiger partial charge in [-0.15, -0.1) is 0 Å². The minimum atomic E-state index is -1.42. The molecule has 1 aliphatic heterocycles. The lowest BCUT2D eigenvalue weighted by atomic mass is 9.73. The van der Waals surface area contributed by atoms with Crippen molar-refractivity contribution in [2.45, 2.75) is 82.0 Å². The molecule has 2 aliphatic rings. The van der Waals surface area contributed by atoms with Crippen LogP contribution in [0.4, 0.5) is 8.78 Å². The molecule has 0 radical (unpaired) electrons. The fourth-order valence-electron chi connectivity index (χ4n) is 6.13. The maximum absolute atomic E-state index is 14.9. The number of hydrogen-bond acceptors (Lipinski definition) is 5. The van der Waals surface area contributed by atoms with Crippen LogP contribution in [0.1, 0.15) is 69.8 Å². The molecule has 0 aromatic heterocycles. The number of ether oxygens (including phenoxy) is 1. The van der Waals surface area contributed by atoms with Gasteiger partial charge in [0.05, 0.1) is 11.7 Å². The number of likely N-dealkylation sites (N-methyl/N-ethyl adjacent to an activating group) is 1. The summed E-state index contributed by atoms with van der Waals surface area (Å²) in [5.74, 6) is -1.42. The molecule has 0 amide bonds. The summed E-state index contributed by atoms with van der Waals surface area (Å²) in [5.41, 5.74) is -1.33. The Morgan fingerprint density at radius 3 is 2.65 bits per heavy atom. The number of aliphatic hydroxyl groups is 2. The van der Waals surface area contributed by atoms with E-state index in [1.807, 2.05) is 7.05 Å². The van der Waals surface area contributed by atoms with Gasteiger partial charge >= 0.3 is 0 Å². The molecule has 2 fully saturated rings. The number of benzene rings is 1. The molecule has 1 heterocycles. The number of unbranched alkanes of at least 4 members (excludes halogenated alkanes) is 1.